The molecule has 21 heavy (non-hydrogen) atoms. The van der Waals surface area contributed by atoms with Crippen LogP contribution in [-0.4, -0.2) is 16.3 Å². The number of hydrogen-bond donors (Lipinski definition) is 1. The van der Waals surface area contributed by atoms with E-state index in [0.29, 0.717) is 21.9 Å². The average Bonchev–Trinajstić information content (AvgIpc) is 3.02. The van der Waals surface area contributed by atoms with Crippen molar-refractivity contribution in [3.63, 3.8) is 0 Å². The lowest BCUT2D eigenvalue weighted by Crippen LogP contribution is -2.16. The van der Waals surface area contributed by atoms with Crippen LogP contribution in [0.1, 0.15) is 5.01 Å². The molecule has 3 rings (SSSR count). The van der Waals surface area contributed by atoms with Crippen molar-refractivity contribution in [3.05, 3.63) is 34.8 Å². The van der Waals surface area contributed by atoms with Crippen molar-refractivity contribution < 1.29 is 17.9 Å². The van der Waals surface area contributed by atoms with Gasteiger partial charge in [0.05, 0.1) is 16.8 Å². The standard InChI is InChI=1S/C12H8F3N3OS2/c13-12(14,15)19-7-1-2-8-9(5-7)21-11(18-8)17-6-10-16-3-4-20-10/h1-5H,6H2,(H,17,18). The van der Waals surface area contributed by atoms with Crippen LogP contribution in [-0.2, 0) is 6.54 Å². The van der Waals surface area contributed by atoms with E-state index in [4.69, 9.17) is 0 Å². The fourth-order valence-corrected chi connectivity index (χ4v) is 3.12. The first-order chi connectivity index (χ1) is 9.99. The number of nitrogens with one attached hydrogen (secondary N) is 1. The zero-order valence-electron chi connectivity index (χ0n) is 10.3. The molecule has 0 saturated heterocycles. The van der Waals surface area contributed by atoms with Crippen LogP contribution >= 0.6 is 22.7 Å². The minimum Gasteiger partial charge on any atom is -0.406 e. The van der Waals surface area contributed by atoms with E-state index >= 15 is 0 Å². The number of benzene rings is 1. The number of halogens is 3. The van der Waals surface area contributed by atoms with Crippen LogP contribution < -0.4 is 10.1 Å². The zero-order chi connectivity index (χ0) is 14.9. The van der Waals surface area contributed by atoms with Gasteiger partial charge in [-0.3, -0.25) is 0 Å². The molecule has 1 aromatic carbocycles. The van der Waals surface area contributed by atoms with E-state index in [9.17, 15) is 13.2 Å². The van der Waals surface area contributed by atoms with Gasteiger partial charge in [-0.1, -0.05) is 11.3 Å². The van der Waals surface area contributed by atoms with Gasteiger partial charge in [-0.05, 0) is 12.1 Å². The molecular weight excluding hydrogens is 323 g/mol. The summed E-state index contributed by atoms with van der Waals surface area (Å²) < 4.78 is 41.0. The van der Waals surface area contributed by atoms with E-state index in [1.165, 1.54) is 40.9 Å². The molecule has 1 N–H and O–H groups in total. The first-order valence-corrected chi connectivity index (χ1v) is 7.48. The molecule has 0 atom stereocenters. The second kappa shape index (κ2) is 5.49. The van der Waals surface area contributed by atoms with E-state index in [0.717, 1.165) is 5.01 Å². The smallest absolute Gasteiger partial charge is 0.406 e. The summed E-state index contributed by atoms with van der Waals surface area (Å²) in [5.41, 5.74) is 0.621. The molecule has 3 aromatic rings. The molecule has 0 aliphatic carbocycles. The Hall–Kier alpha value is -1.87. The van der Waals surface area contributed by atoms with Crippen molar-refractivity contribution in [2.45, 2.75) is 12.9 Å². The van der Waals surface area contributed by atoms with Gasteiger partial charge in [-0.2, -0.15) is 0 Å². The van der Waals surface area contributed by atoms with E-state index in [-0.39, 0.29) is 5.75 Å². The lowest BCUT2D eigenvalue weighted by atomic mass is 10.3. The molecule has 0 spiro atoms. The Kier molecular flexibility index (Phi) is 3.68. The highest BCUT2D eigenvalue weighted by Crippen LogP contribution is 2.31. The van der Waals surface area contributed by atoms with Crippen LogP contribution in [0.5, 0.6) is 5.75 Å². The number of aromatic nitrogens is 2. The number of fused-ring (bicyclic) bond motifs is 1. The van der Waals surface area contributed by atoms with Gasteiger partial charge in [-0.15, -0.1) is 24.5 Å². The van der Waals surface area contributed by atoms with E-state index in [1.807, 2.05) is 5.38 Å². The van der Waals surface area contributed by atoms with Crippen molar-refractivity contribution >= 4 is 38.0 Å². The third-order valence-electron chi connectivity index (χ3n) is 2.47. The molecule has 9 heteroatoms. The zero-order valence-corrected chi connectivity index (χ0v) is 12.0. The molecule has 0 saturated carbocycles. The van der Waals surface area contributed by atoms with Crippen molar-refractivity contribution in [1.29, 1.82) is 0 Å². The van der Waals surface area contributed by atoms with Gasteiger partial charge in [0.25, 0.3) is 0 Å². The number of rotatable bonds is 4. The third-order valence-corrected chi connectivity index (χ3v) is 4.22. The molecule has 0 bridgehead atoms. The Morgan fingerprint density at radius 3 is 2.86 bits per heavy atom. The Morgan fingerprint density at radius 1 is 1.29 bits per heavy atom. The van der Waals surface area contributed by atoms with E-state index < -0.39 is 6.36 Å². The van der Waals surface area contributed by atoms with Crippen LogP contribution in [0.2, 0.25) is 0 Å². The molecule has 0 aliphatic rings. The molecule has 2 aromatic heterocycles. The molecule has 4 nitrogen and oxygen atoms in total. The minimum atomic E-state index is -4.69. The number of anilines is 1. The molecule has 0 fully saturated rings. The SMILES string of the molecule is FC(F)(F)Oc1ccc2nc(NCc3nccs3)sc2c1. The predicted molar refractivity (Wildman–Crippen MR) is 75.7 cm³/mol. The fraction of sp³-hybridized carbons (Fsp3) is 0.167. The lowest BCUT2D eigenvalue weighted by Gasteiger charge is -2.07. The van der Waals surface area contributed by atoms with Crippen LogP contribution in [0.25, 0.3) is 10.2 Å². The van der Waals surface area contributed by atoms with Crippen LogP contribution in [0.4, 0.5) is 18.3 Å². The average molecular weight is 331 g/mol. The van der Waals surface area contributed by atoms with Gasteiger partial charge in [0.1, 0.15) is 10.8 Å². The van der Waals surface area contributed by atoms with Crippen molar-refractivity contribution in [2.75, 3.05) is 5.32 Å². The van der Waals surface area contributed by atoms with Gasteiger partial charge < -0.3 is 10.1 Å². The van der Waals surface area contributed by atoms with Crippen molar-refractivity contribution in [2.24, 2.45) is 0 Å². The van der Waals surface area contributed by atoms with E-state index in [1.54, 1.807) is 6.20 Å². The quantitative estimate of drug-likeness (QED) is 0.776. The normalized spacial score (nSPS) is 11.8. The molecule has 0 unspecified atom stereocenters. The maximum absolute atomic E-state index is 12.2. The summed E-state index contributed by atoms with van der Waals surface area (Å²) in [7, 11) is 0. The van der Waals surface area contributed by atoms with Gasteiger partial charge in [-0.25, -0.2) is 9.97 Å². The van der Waals surface area contributed by atoms with Gasteiger partial charge in [0.15, 0.2) is 5.13 Å². The first kappa shape index (κ1) is 14.1. The van der Waals surface area contributed by atoms with E-state index in [2.05, 4.69) is 20.0 Å². The minimum absolute atomic E-state index is 0.245. The van der Waals surface area contributed by atoms with Crippen molar-refractivity contribution in [1.82, 2.24) is 9.97 Å². The monoisotopic (exact) mass is 331 g/mol. The predicted octanol–water partition coefficient (Wildman–Crippen LogP) is 4.26. The van der Waals surface area contributed by atoms with Crippen LogP contribution in [0.3, 0.4) is 0 Å². The first-order valence-electron chi connectivity index (χ1n) is 5.78. The highest BCUT2D eigenvalue weighted by Gasteiger charge is 2.31. The lowest BCUT2D eigenvalue weighted by molar-refractivity contribution is -0.274. The summed E-state index contributed by atoms with van der Waals surface area (Å²) >= 11 is 2.78. The molecule has 0 aliphatic heterocycles. The Bertz CT molecular complexity index is 740. The number of ether oxygens (including phenoxy) is 1. The number of alkyl halides is 3. The Morgan fingerprint density at radius 2 is 2.14 bits per heavy atom. The summed E-state index contributed by atoms with van der Waals surface area (Å²) in [6.45, 7) is 0.531. The summed E-state index contributed by atoms with van der Waals surface area (Å²) in [4.78, 5) is 8.42. The number of hydrogen-bond acceptors (Lipinski definition) is 6. The molecular formula is C12H8F3N3OS2. The molecule has 0 amide bonds. The summed E-state index contributed by atoms with van der Waals surface area (Å²) in [6, 6.07) is 4.08. The van der Waals surface area contributed by atoms with Crippen molar-refractivity contribution in [3.8, 4) is 5.75 Å². The second-order valence-electron chi connectivity index (χ2n) is 3.98. The van der Waals surface area contributed by atoms with Gasteiger partial charge in [0.2, 0.25) is 0 Å². The highest BCUT2D eigenvalue weighted by atomic mass is 32.1. The second-order valence-corrected chi connectivity index (χ2v) is 5.99. The topological polar surface area (TPSA) is 47.0 Å². The van der Waals surface area contributed by atoms with Crippen LogP contribution in [0.15, 0.2) is 29.8 Å². The summed E-state index contributed by atoms with van der Waals surface area (Å²) in [5, 5.41) is 6.51. The Balaban J connectivity index is 1.76. The van der Waals surface area contributed by atoms with Gasteiger partial charge >= 0.3 is 6.36 Å². The fourth-order valence-electron chi connectivity index (χ4n) is 1.67. The molecule has 0 radical (unpaired) electrons. The third kappa shape index (κ3) is 3.61. The Labute approximate surface area is 125 Å². The number of nitrogens with zero attached hydrogens (tertiary/aromatic N) is 2. The van der Waals surface area contributed by atoms with Gasteiger partial charge in [0, 0.05) is 17.6 Å². The molecule has 2 heterocycles. The number of thiazole rings is 2. The molecule has 110 valence electrons. The summed E-state index contributed by atoms with van der Waals surface area (Å²) in [6.07, 6.45) is -2.98. The largest absolute Gasteiger partial charge is 0.573 e. The highest BCUT2D eigenvalue weighted by molar-refractivity contribution is 7.22. The maximum atomic E-state index is 12.2. The van der Waals surface area contributed by atoms with Crippen LogP contribution in [0, 0.1) is 0 Å². The summed E-state index contributed by atoms with van der Waals surface area (Å²) in [5.74, 6) is -0.245. The maximum Gasteiger partial charge on any atom is 0.573 e.